The maximum atomic E-state index is 11.7. The van der Waals surface area contributed by atoms with Gasteiger partial charge in [-0.05, 0) is 43.0 Å². The van der Waals surface area contributed by atoms with Crippen molar-refractivity contribution in [3.63, 3.8) is 0 Å². The fraction of sp³-hybridized carbons (Fsp3) is 0.250. The number of fused-ring (bicyclic) bond motifs is 1. The average molecular weight is 311 g/mol. The van der Waals surface area contributed by atoms with Gasteiger partial charge in [-0.25, -0.2) is 0 Å². The van der Waals surface area contributed by atoms with Gasteiger partial charge in [0.15, 0.2) is 5.84 Å². The van der Waals surface area contributed by atoms with Gasteiger partial charge in [-0.15, -0.1) is 0 Å². The van der Waals surface area contributed by atoms with E-state index in [9.17, 15) is 4.79 Å². The number of nitrogens with two attached hydrogens (primary N) is 2. The third-order valence-corrected chi connectivity index (χ3v) is 4.24. The molecule has 0 saturated carbocycles. The highest BCUT2D eigenvalue weighted by atomic mass is 16.4. The maximum absolute atomic E-state index is 11.7. The van der Waals surface area contributed by atoms with Gasteiger partial charge in [-0.1, -0.05) is 5.16 Å². The summed E-state index contributed by atoms with van der Waals surface area (Å²) in [6, 6.07) is 3.51. The Morgan fingerprint density at radius 2 is 2.17 bits per heavy atom. The van der Waals surface area contributed by atoms with Gasteiger partial charge in [0.1, 0.15) is 0 Å². The molecule has 7 nitrogen and oxygen atoms in total. The Balaban J connectivity index is 2.09. The van der Waals surface area contributed by atoms with Crippen molar-refractivity contribution in [1.29, 1.82) is 0 Å². The van der Waals surface area contributed by atoms with Crippen molar-refractivity contribution in [2.45, 2.75) is 25.7 Å². The lowest BCUT2D eigenvalue weighted by molar-refractivity contribution is 0.0999. The highest BCUT2D eigenvalue weighted by Crippen LogP contribution is 2.39. The number of aryl methyl sites for hydroxylation is 2. The van der Waals surface area contributed by atoms with Crippen molar-refractivity contribution in [3.8, 4) is 0 Å². The Hall–Kier alpha value is -2.96. The van der Waals surface area contributed by atoms with Crippen molar-refractivity contribution in [3.05, 3.63) is 58.2 Å². The van der Waals surface area contributed by atoms with E-state index in [2.05, 4.69) is 15.1 Å². The zero-order valence-corrected chi connectivity index (χ0v) is 12.7. The Bertz CT molecular complexity index is 816. The number of hydrogen-bond donors (Lipinski definition) is 3. The summed E-state index contributed by atoms with van der Waals surface area (Å²) in [6.07, 6.45) is 4.77. The van der Waals surface area contributed by atoms with Crippen LogP contribution in [-0.4, -0.2) is 26.9 Å². The molecular weight excluding hydrogens is 294 g/mol. The molecule has 2 aromatic rings. The Morgan fingerprint density at radius 3 is 2.87 bits per heavy atom. The Morgan fingerprint density at radius 1 is 1.39 bits per heavy atom. The van der Waals surface area contributed by atoms with E-state index in [1.165, 1.54) is 0 Å². The van der Waals surface area contributed by atoms with Crippen LogP contribution in [0, 0.1) is 6.92 Å². The van der Waals surface area contributed by atoms with Crippen LogP contribution >= 0.6 is 0 Å². The van der Waals surface area contributed by atoms with E-state index in [0.717, 1.165) is 35.4 Å². The van der Waals surface area contributed by atoms with Gasteiger partial charge < -0.3 is 16.7 Å². The van der Waals surface area contributed by atoms with E-state index in [4.69, 9.17) is 16.7 Å². The van der Waals surface area contributed by atoms with E-state index in [1.54, 1.807) is 18.5 Å². The van der Waals surface area contributed by atoms with Crippen molar-refractivity contribution in [1.82, 2.24) is 9.97 Å². The van der Waals surface area contributed by atoms with E-state index < -0.39 is 5.91 Å². The first-order chi connectivity index (χ1) is 11.0. The third-order valence-electron chi connectivity index (χ3n) is 4.24. The molecule has 1 unspecified atom stereocenters. The molecule has 0 fully saturated rings. The molecule has 3 rings (SSSR count). The maximum Gasteiger partial charge on any atom is 0.249 e. The number of aromatic nitrogens is 2. The monoisotopic (exact) mass is 311 g/mol. The second kappa shape index (κ2) is 5.68. The molecule has 2 heterocycles. The molecule has 1 aliphatic rings. The molecule has 2 aromatic heterocycles. The molecule has 7 heteroatoms. The number of carbonyl (C=O) groups is 1. The second-order valence-electron chi connectivity index (χ2n) is 5.57. The second-order valence-corrected chi connectivity index (χ2v) is 5.57. The Labute approximate surface area is 133 Å². The van der Waals surface area contributed by atoms with E-state index >= 15 is 0 Å². The number of nitrogens with zero attached hydrogens (tertiary/aromatic N) is 3. The minimum absolute atomic E-state index is 0.0254. The Kier molecular flexibility index (Phi) is 3.69. The summed E-state index contributed by atoms with van der Waals surface area (Å²) >= 11 is 0. The largest absolute Gasteiger partial charge is 0.409 e. The first kappa shape index (κ1) is 15.0. The molecule has 0 radical (unpaired) electrons. The number of primary amides is 1. The molecule has 0 saturated heterocycles. The third kappa shape index (κ3) is 2.50. The SMILES string of the molecule is Cc1nccc(C(N)=O)c1C1CCc2cc(C(N)=NO)cnc21. The molecule has 1 atom stereocenters. The topological polar surface area (TPSA) is 127 Å². The zero-order chi connectivity index (χ0) is 16.6. The number of rotatable bonds is 3. The summed E-state index contributed by atoms with van der Waals surface area (Å²) in [6.45, 7) is 1.87. The number of amidine groups is 1. The average Bonchev–Trinajstić information content (AvgIpc) is 2.96. The van der Waals surface area contributed by atoms with Crippen LogP contribution in [0.2, 0.25) is 0 Å². The lowest BCUT2D eigenvalue weighted by Gasteiger charge is -2.16. The first-order valence-electron chi connectivity index (χ1n) is 7.25. The van der Waals surface area contributed by atoms with Gasteiger partial charge in [0.25, 0.3) is 0 Å². The number of pyridine rings is 2. The van der Waals surface area contributed by atoms with Crippen LogP contribution in [-0.2, 0) is 6.42 Å². The van der Waals surface area contributed by atoms with Crippen LogP contribution in [0.25, 0.3) is 0 Å². The van der Waals surface area contributed by atoms with Crippen molar-refractivity contribution >= 4 is 11.7 Å². The fourth-order valence-corrected chi connectivity index (χ4v) is 3.18. The molecule has 0 bridgehead atoms. The standard InChI is InChI=1S/C16H17N5O2/c1-8-13(12(16(18)22)4-5-19-8)11-3-2-9-6-10(15(17)21-23)7-20-14(9)11/h4-7,11,23H,2-3H2,1H3,(H2,17,21)(H2,18,22). The van der Waals surface area contributed by atoms with Gasteiger partial charge in [0.2, 0.25) is 5.91 Å². The molecule has 5 N–H and O–H groups in total. The minimum Gasteiger partial charge on any atom is -0.409 e. The summed E-state index contributed by atoms with van der Waals surface area (Å²) in [5.74, 6) is -0.464. The summed E-state index contributed by atoms with van der Waals surface area (Å²) in [5, 5.41) is 11.8. The smallest absolute Gasteiger partial charge is 0.249 e. The van der Waals surface area contributed by atoms with Gasteiger partial charge in [0, 0.05) is 35.1 Å². The molecule has 23 heavy (non-hydrogen) atoms. The highest BCUT2D eigenvalue weighted by molar-refractivity contribution is 5.97. The number of oxime groups is 1. The summed E-state index contributed by atoms with van der Waals surface area (Å²) in [7, 11) is 0. The fourth-order valence-electron chi connectivity index (χ4n) is 3.18. The molecule has 1 amide bonds. The minimum atomic E-state index is -0.466. The van der Waals surface area contributed by atoms with Crippen LogP contribution in [0.4, 0.5) is 0 Å². The summed E-state index contributed by atoms with van der Waals surface area (Å²) in [4.78, 5) is 20.5. The first-order valence-corrected chi connectivity index (χ1v) is 7.25. The summed E-state index contributed by atoms with van der Waals surface area (Å²) in [5.41, 5.74) is 15.7. The van der Waals surface area contributed by atoms with Gasteiger partial charge in [0.05, 0.1) is 5.69 Å². The predicted molar refractivity (Wildman–Crippen MR) is 84.4 cm³/mol. The van der Waals surface area contributed by atoms with Crippen LogP contribution in [0.1, 0.15) is 50.8 Å². The van der Waals surface area contributed by atoms with Crippen molar-refractivity contribution in [2.75, 3.05) is 0 Å². The molecule has 1 aliphatic carbocycles. The van der Waals surface area contributed by atoms with Gasteiger partial charge in [-0.3, -0.25) is 14.8 Å². The molecule has 0 spiro atoms. The molecular formula is C16H17N5O2. The van der Waals surface area contributed by atoms with E-state index in [1.807, 2.05) is 13.0 Å². The summed E-state index contributed by atoms with van der Waals surface area (Å²) < 4.78 is 0. The lowest BCUT2D eigenvalue weighted by Crippen LogP contribution is -2.18. The van der Waals surface area contributed by atoms with Crippen molar-refractivity contribution < 1.29 is 10.0 Å². The van der Waals surface area contributed by atoms with Gasteiger partial charge >= 0.3 is 0 Å². The van der Waals surface area contributed by atoms with Crippen LogP contribution in [0.15, 0.2) is 29.7 Å². The van der Waals surface area contributed by atoms with Crippen LogP contribution < -0.4 is 11.5 Å². The number of amides is 1. The van der Waals surface area contributed by atoms with E-state index in [0.29, 0.717) is 11.1 Å². The molecule has 118 valence electrons. The predicted octanol–water partition coefficient (Wildman–Crippen LogP) is 1.06. The lowest BCUT2D eigenvalue weighted by atomic mass is 9.90. The highest BCUT2D eigenvalue weighted by Gasteiger charge is 2.30. The van der Waals surface area contributed by atoms with Crippen LogP contribution in [0.3, 0.4) is 0 Å². The van der Waals surface area contributed by atoms with E-state index in [-0.39, 0.29) is 11.8 Å². The van der Waals surface area contributed by atoms with Crippen molar-refractivity contribution in [2.24, 2.45) is 16.6 Å². The molecule has 0 aliphatic heterocycles. The molecule has 0 aromatic carbocycles. The quantitative estimate of drug-likeness (QED) is 0.338. The zero-order valence-electron chi connectivity index (χ0n) is 12.7. The number of hydrogen-bond acceptors (Lipinski definition) is 5. The van der Waals surface area contributed by atoms with Crippen LogP contribution in [0.5, 0.6) is 0 Å². The van der Waals surface area contributed by atoms with Gasteiger partial charge in [-0.2, -0.15) is 0 Å². The number of carbonyl (C=O) groups excluding carboxylic acids is 1. The normalized spacial score (nSPS) is 17.1.